The number of hydrogen-bond donors (Lipinski definition) is 0. The number of thiophene rings is 1. The van der Waals surface area contributed by atoms with Gasteiger partial charge in [-0.2, -0.15) is 5.10 Å². The van der Waals surface area contributed by atoms with Crippen LogP contribution in [0.5, 0.6) is 0 Å². The summed E-state index contributed by atoms with van der Waals surface area (Å²) in [6, 6.07) is 10.3. The second-order valence-corrected chi connectivity index (χ2v) is 8.98. The molecule has 6 aromatic rings. The van der Waals surface area contributed by atoms with Gasteiger partial charge in [0.25, 0.3) is 0 Å². The molecule has 31 heavy (non-hydrogen) atoms. The van der Waals surface area contributed by atoms with E-state index in [0.29, 0.717) is 17.4 Å². The summed E-state index contributed by atoms with van der Waals surface area (Å²) in [6.45, 7) is 4.77. The fourth-order valence-corrected chi connectivity index (χ4v) is 5.24. The second-order valence-electron chi connectivity index (χ2n) is 7.54. The summed E-state index contributed by atoms with van der Waals surface area (Å²) in [5, 5.41) is 10.6. The average molecular weight is 446 g/mol. The van der Waals surface area contributed by atoms with Gasteiger partial charge in [-0.05, 0) is 31.0 Å². The second kappa shape index (κ2) is 6.83. The molecule has 5 heterocycles. The van der Waals surface area contributed by atoms with Crippen molar-refractivity contribution in [1.82, 2.24) is 34.3 Å². The van der Waals surface area contributed by atoms with Crippen LogP contribution in [-0.4, -0.2) is 34.3 Å². The van der Waals surface area contributed by atoms with Crippen LogP contribution in [-0.2, 0) is 6.54 Å². The molecule has 0 unspecified atom stereocenters. The molecule has 0 saturated heterocycles. The van der Waals surface area contributed by atoms with Gasteiger partial charge in [0.05, 0.1) is 23.3 Å². The van der Waals surface area contributed by atoms with Crippen LogP contribution >= 0.6 is 22.9 Å². The first-order valence-corrected chi connectivity index (χ1v) is 10.9. The van der Waals surface area contributed by atoms with Gasteiger partial charge >= 0.3 is 0 Å². The number of rotatable bonds is 3. The number of hydrogen-bond acceptors (Lipinski definition) is 6. The van der Waals surface area contributed by atoms with Crippen LogP contribution in [0.1, 0.15) is 16.8 Å². The van der Waals surface area contributed by atoms with Crippen LogP contribution in [0.25, 0.3) is 37.5 Å². The molecule has 0 aliphatic heterocycles. The van der Waals surface area contributed by atoms with Crippen molar-refractivity contribution in [3.8, 4) is 11.4 Å². The van der Waals surface area contributed by atoms with Crippen LogP contribution in [0, 0.1) is 13.8 Å². The highest BCUT2D eigenvalue weighted by Crippen LogP contribution is 2.35. The van der Waals surface area contributed by atoms with Gasteiger partial charge in [-0.1, -0.05) is 35.9 Å². The Morgan fingerprint density at radius 3 is 2.71 bits per heavy atom. The Bertz CT molecular complexity index is 1590. The van der Waals surface area contributed by atoms with E-state index in [1.165, 1.54) is 5.56 Å². The van der Waals surface area contributed by atoms with Gasteiger partial charge in [0.15, 0.2) is 11.5 Å². The molecule has 6 rings (SSSR count). The standard InChI is InChI=1S/C22H16ClN7S/c1-12-7-13(2)26-22-17(12)18-19(31-22)21-27-20(28-30(21)11-24-18)15-5-3-14(4-6-15)9-29-10-16(23)8-25-29/h3-8,10-11H,9H2,1-2H3. The molecule has 9 heteroatoms. The molecule has 0 radical (unpaired) electrons. The Labute approximate surface area is 186 Å². The molecule has 0 saturated carbocycles. The molecule has 0 aliphatic rings. The van der Waals surface area contributed by atoms with Gasteiger partial charge < -0.3 is 0 Å². The van der Waals surface area contributed by atoms with Crippen LogP contribution in [0.4, 0.5) is 0 Å². The minimum Gasteiger partial charge on any atom is -0.267 e. The van der Waals surface area contributed by atoms with E-state index in [9.17, 15) is 0 Å². The molecule has 0 N–H and O–H groups in total. The lowest BCUT2D eigenvalue weighted by Gasteiger charge is -2.02. The number of nitrogens with zero attached hydrogens (tertiary/aromatic N) is 7. The average Bonchev–Trinajstić information content (AvgIpc) is 3.44. The molecule has 0 bridgehead atoms. The molecule has 0 amide bonds. The summed E-state index contributed by atoms with van der Waals surface area (Å²) in [5.41, 5.74) is 6.00. The predicted molar refractivity (Wildman–Crippen MR) is 123 cm³/mol. The fourth-order valence-electron chi connectivity index (χ4n) is 3.86. The Balaban J connectivity index is 1.42. The quantitative estimate of drug-likeness (QED) is 0.380. The van der Waals surface area contributed by atoms with Crippen LogP contribution < -0.4 is 0 Å². The highest BCUT2D eigenvalue weighted by Gasteiger charge is 2.16. The van der Waals surface area contributed by atoms with Crippen LogP contribution in [0.15, 0.2) is 49.1 Å². The number of fused-ring (bicyclic) bond motifs is 5. The normalized spacial score (nSPS) is 11.8. The highest BCUT2D eigenvalue weighted by atomic mass is 35.5. The molecule has 0 spiro atoms. The van der Waals surface area contributed by atoms with E-state index in [0.717, 1.165) is 42.9 Å². The lowest BCUT2D eigenvalue weighted by Crippen LogP contribution is -1.99. The van der Waals surface area contributed by atoms with Crippen LogP contribution in [0.3, 0.4) is 0 Å². The van der Waals surface area contributed by atoms with Crippen molar-refractivity contribution < 1.29 is 0 Å². The van der Waals surface area contributed by atoms with E-state index in [2.05, 4.69) is 40.3 Å². The van der Waals surface area contributed by atoms with Gasteiger partial charge in [0, 0.05) is 22.8 Å². The molecular weight excluding hydrogens is 430 g/mol. The number of aryl methyl sites for hydroxylation is 2. The number of pyridine rings is 1. The van der Waals surface area contributed by atoms with Gasteiger partial charge in [-0.15, -0.1) is 16.4 Å². The van der Waals surface area contributed by atoms with E-state index in [1.54, 1.807) is 34.6 Å². The topological polar surface area (TPSA) is 73.8 Å². The fraction of sp³-hybridized carbons (Fsp3) is 0.136. The molecule has 152 valence electrons. The zero-order chi connectivity index (χ0) is 21.1. The summed E-state index contributed by atoms with van der Waals surface area (Å²) >= 11 is 7.56. The van der Waals surface area contributed by atoms with E-state index in [-0.39, 0.29) is 0 Å². The lowest BCUT2D eigenvalue weighted by atomic mass is 10.1. The number of halogens is 1. The van der Waals surface area contributed by atoms with Gasteiger partial charge in [0.2, 0.25) is 0 Å². The van der Waals surface area contributed by atoms with E-state index < -0.39 is 0 Å². The lowest BCUT2D eigenvalue weighted by molar-refractivity contribution is 0.687. The Morgan fingerprint density at radius 2 is 1.94 bits per heavy atom. The van der Waals surface area contributed by atoms with Crippen molar-refractivity contribution >= 4 is 49.0 Å². The van der Waals surface area contributed by atoms with Crippen molar-refractivity contribution in [2.45, 2.75) is 20.4 Å². The monoisotopic (exact) mass is 445 g/mol. The molecular formula is C22H16ClN7S. The minimum atomic E-state index is 0.632. The summed E-state index contributed by atoms with van der Waals surface area (Å²) < 4.78 is 4.56. The summed E-state index contributed by atoms with van der Waals surface area (Å²) in [7, 11) is 0. The zero-order valence-corrected chi connectivity index (χ0v) is 18.3. The maximum atomic E-state index is 5.94. The molecule has 7 nitrogen and oxygen atoms in total. The van der Waals surface area contributed by atoms with Crippen molar-refractivity contribution in [3.05, 3.63) is 70.9 Å². The third kappa shape index (κ3) is 3.07. The number of benzene rings is 1. The smallest absolute Gasteiger partial charge is 0.182 e. The summed E-state index contributed by atoms with van der Waals surface area (Å²) in [4.78, 5) is 15.2. The third-order valence-electron chi connectivity index (χ3n) is 5.25. The summed E-state index contributed by atoms with van der Waals surface area (Å²) in [6.07, 6.45) is 5.17. The van der Waals surface area contributed by atoms with Crippen molar-refractivity contribution in [2.75, 3.05) is 0 Å². The first-order valence-electron chi connectivity index (χ1n) is 9.74. The van der Waals surface area contributed by atoms with Gasteiger partial charge in [0.1, 0.15) is 15.9 Å². The molecule has 0 fully saturated rings. The predicted octanol–water partition coefficient (Wildman–Crippen LogP) is 5.07. The SMILES string of the molecule is Cc1cc(C)c2c(n1)sc1c2ncn2nc(-c3ccc(Cn4cc(Cl)cn4)cc3)nc12. The van der Waals surface area contributed by atoms with Crippen molar-refractivity contribution in [2.24, 2.45) is 0 Å². The molecule has 1 aromatic carbocycles. The Kier molecular flexibility index (Phi) is 4.06. The molecule has 5 aromatic heterocycles. The first kappa shape index (κ1) is 18.4. The van der Waals surface area contributed by atoms with E-state index in [1.807, 2.05) is 23.7 Å². The maximum Gasteiger partial charge on any atom is 0.182 e. The largest absolute Gasteiger partial charge is 0.267 e. The Hall–Kier alpha value is -3.36. The molecule has 0 aliphatic carbocycles. The Morgan fingerprint density at radius 1 is 1.10 bits per heavy atom. The van der Waals surface area contributed by atoms with E-state index in [4.69, 9.17) is 21.6 Å². The maximum absolute atomic E-state index is 5.94. The number of aromatic nitrogens is 7. The van der Waals surface area contributed by atoms with Crippen molar-refractivity contribution in [3.63, 3.8) is 0 Å². The van der Waals surface area contributed by atoms with Gasteiger partial charge in [-0.3, -0.25) is 4.68 Å². The third-order valence-corrected chi connectivity index (χ3v) is 6.52. The summed E-state index contributed by atoms with van der Waals surface area (Å²) in [5.74, 6) is 0.668. The first-order chi connectivity index (χ1) is 15.0. The van der Waals surface area contributed by atoms with Crippen molar-refractivity contribution in [1.29, 1.82) is 0 Å². The molecule has 0 atom stereocenters. The van der Waals surface area contributed by atoms with Crippen LogP contribution in [0.2, 0.25) is 5.02 Å². The zero-order valence-electron chi connectivity index (χ0n) is 16.7. The highest BCUT2D eigenvalue weighted by molar-refractivity contribution is 7.26. The van der Waals surface area contributed by atoms with Gasteiger partial charge in [-0.25, -0.2) is 19.5 Å². The van der Waals surface area contributed by atoms with E-state index >= 15 is 0 Å². The minimum absolute atomic E-state index is 0.632.